The molecule has 1 fully saturated rings. The van der Waals surface area contributed by atoms with E-state index in [0.29, 0.717) is 48.8 Å². The van der Waals surface area contributed by atoms with Crippen molar-refractivity contribution in [2.75, 3.05) is 30.3 Å². The number of piperidine rings is 1. The Hall–Kier alpha value is -4.03. The highest BCUT2D eigenvalue weighted by molar-refractivity contribution is 5.94. The number of halogens is 1. The van der Waals surface area contributed by atoms with Crippen LogP contribution in [0.1, 0.15) is 35.2 Å². The van der Waals surface area contributed by atoms with E-state index in [2.05, 4.69) is 21.7 Å². The molecule has 1 aliphatic heterocycles. The van der Waals surface area contributed by atoms with E-state index in [-0.39, 0.29) is 24.3 Å². The first-order valence-corrected chi connectivity index (χ1v) is 11.9. The summed E-state index contributed by atoms with van der Waals surface area (Å²) in [6, 6.07) is 11.9. The van der Waals surface area contributed by atoms with Crippen molar-refractivity contribution in [3.63, 3.8) is 0 Å². The van der Waals surface area contributed by atoms with Crippen LogP contribution in [0.2, 0.25) is 0 Å². The summed E-state index contributed by atoms with van der Waals surface area (Å²) in [6.45, 7) is 6.90. The number of pyridine rings is 1. The molecule has 36 heavy (non-hydrogen) atoms. The lowest BCUT2D eigenvalue weighted by Gasteiger charge is -2.30. The average molecular weight is 489 g/mol. The average Bonchev–Trinajstić information content (AvgIpc) is 3.09. The molecule has 0 atom stereocenters. The molecule has 2 aromatic heterocycles. The van der Waals surface area contributed by atoms with Crippen molar-refractivity contribution in [3.05, 3.63) is 70.8 Å². The van der Waals surface area contributed by atoms with Crippen molar-refractivity contribution in [2.45, 2.75) is 33.6 Å². The monoisotopic (exact) mass is 488 g/mol. The maximum Gasteiger partial charge on any atom is 0.239 e. The molecule has 0 unspecified atom stereocenters. The van der Waals surface area contributed by atoms with E-state index in [0.717, 1.165) is 16.8 Å². The fraction of sp³-hybridized carbons (Fsp3) is 0.333. The number of nitrogens with one attached hydrogen (secondary N) is 2. The number of likely N-dealkylation sites (tertiary alicyclic amines) is 1. The normalized spacial score (nSPS) is 14.3. The number of aromatic nitrogens is 2. The Labute approximate surface area is 209 Å². The minimum Gasteiger partial charge on any atom is -0.310 e. The number of nitriles is 1. The minimum atomic E-state index is -0.404. The van der Waals surface area contributed by atoms with Crippen LogP contribution in [0.15, 0.2) is 42.6 Å². The molecule has 2 N–H and O–H groups in total. The number of rotatable bonds is 6. The van der Waals surface area contributed by atoms with E-state index >= 15 is 0 Å². The van der Waals surface area contributed by atoms with Crippen LogP contribution in [-0.4, -0.2) is 45.9 Å². The molecule has 9 heteroatoms. The highest BCUT2D eigenvalue weighted by Crippen LogP contribution is 2.30. The molecule has 0 radical (unpaired) electrons. The molecule has 0 bridgehead atoms. The predicted octanol–water partition coefficient (Wildman–Crippen LogP) is 4.10. The Kier molecular flexibility index (Phi) is 7.46. The minimum absolute atomic E-state index is 0.0620. The third-order valence-electron chi connectivity index (χ3n) is 6.64. The van der Waals surface area contributed by atoms with E-state index in [1.165, 1.54) is 12.1 Å². The van der Waals surface area contributed by atoms with Crippen molar-refractivity contribution in [3.8, 4) is 11.8 Å². The molecule has 2 amide bonds. The van der Waals surface area contributed by atoms with E-state index in [1.54, 1.807) is 35.9 Å². The molecule has 1 aromatic carbocycles. The molecule has 1 saturated heterocycles. The smallest absolute Gasteiger partial charge is 0.239 e. The van der Waals surface area contributed by atoms with Crippen molar-refractivity contribution in [2.24, 2.45) is 5.92 Å². The number of benzene rings is 1. The lowest BCUT2D eigenvalue weighted by atomic mass is 9.96. The Morgan fingerprint density at radius 2 is 1.89 bits per heavy atom. The van der Waals surface area contributed by atoms with Crippen LogP contribution in [0.5, 0.6) is 0 Å². The SMILES string of the molecule is Cc1ccc(NC(=O)C2CCN(CC(=O)Nc3c(C#N)c(C)c(C)n3-c3cccc(F)c3)CC2)nc1. The maximum atomic E-state index is 13.9. The number of nitrogens with zero attached hydrogens (tertiary/aromatic N) is 4. The number of anilines is 2. The van der Waals surface area contributed by atoms with E-state index in [9.17, 15) is 19.2 Å². The number of carbonyl (C=O) groups excluding carboxylic acids is 2. The van der Waals surface area contributed by atoms with Gasteiger partial charge < -0.3 is 10.6 Å². The summed E-state index contributed by atoms with van der Waals surface area (Å²) in [7, 11) is 0. The van der Waals surface area contributed by atoms with Crippen LogP contribution in [0.4, 0.5) is 16.0 Å². The Morgan fingerprint density at radius 3 is 2.53 bits per heavy atom. The molecular weight excluding hydrogens is 459 g/mol. The quantitative estimate of drug-likeness (QED) is 0.544. The number of amides is 2. The first-order chi connectivity index (χ1) is 17.3. The largest absolute Gasteiger partial charge is 0.310 e. The summed E-state index contributed by atoms with van der Waals surface area (Å²) in [5.74, 6) is -0.0100. The summed E-state index contributed by atoms with van der Waals surface area (Å²) < 4.78 is 15.6. The lowest BCUT2D eigenvalue weighted by Crippen LogP contribution is -2.42. The molecule has 0 saturated carbocycles. The molecule has 4 rings (SSSR count). The van der Waals surface area contributed by atoms with Gasteiger partial charge in [0.2, 0.25) is 11.8 Å². The molecular formula is C27H29FN6O2. The molecule has 1 aliphatic rings. The van der Waals surface area contributed by atoms with Gasteiger partial charge in [-0.3, -0.25) is 19.1 Å². The van der Waals surface area contributed by atoms with Gasteiger partial charge in [-0.05, 0) is 82.1 Å². The summed E-state index contributed by atoms with van der Waals surface area (Å²) >= 11 is 0. The van der Waals surface area contributed by atoms with Gasteiger partial charge in [0, 0.05) is 17.8 Å². The summed E-state index contributed by atoms with van der Waals surface area (Å²) in [6.07, 6.45) is 2.97. The van der Waals surface area contributed by atoms with Gasteiger partial charge in [0.25, 0.3) is 0 Å². The second-order valence-corrected chi connectivity index (χ2v) is 9.17. The predicted molar refractivity (Wildman–Crippen MR) is 135 cm³/mol. The second-order valence-electron chi connectivity index (χ2n) is 9.17. The van der Waals surface area contributed by atoms with Gasteiger partial charge in [0.1, 0.15) is 23.5 Å². The Bertz CT molecular complexity index is 1320. The van der Waals surface area contributed by atoms with E-state index in [1.807, 2.05) is 24.8 Å². The second kappa shape index (κ2) is 10.7. The fourth-order valence-corrected chi connectivity index (χ4v) is 4.50. The lowest BCUT2D eigenvalue weighted by molar-refractivity contribution is -0.121. The summed E-state index contributed by atoms with van der Waals surface area (Å²) in [5, 5.41) is 15.5. The zero-order valence-electron chi connectivity index (χ0n) is 20.6. The highest BCUT2D eigenvalue weighted by atomic mass is 19.1. The molecule has 8 nitrogen and oxygen atoms in total. The van der Waals surface area contributed by atoms with Gasteiger partial charge >= 0.3 is 0 Å². The van der Waals surface area contributed by atoms with Gasteiger partial charge in [-0.1, -0.05) is 12.1 Å². The van der Waals surface area contributed by atoms with Crippen molar-refractivity contribution in [1.82, 2.24) is 14.5 Å². The van der Waals surface area contributed by atoms with Crippen LogP contribution in [-0.2, 0) is 9.59 Å². The Balaban J connectivity index is 1.39. The van der Waals surface area contributed by atoms with Crippen LogP contribution in [0.25, 0.3) is 5.69 Å². The van der Waals surface area contributed by atoms with Crippen LogP contribution < -0.4 is 10.6 Å². The molecule has 186 valence electrons. The first-order valence-electron chi connectivity index (χ1n) is 11.9. The van der Waals surface area contributed by atoms with E-state index in [4.69, 9.17) is 0 Å². The number of carbonyl (C=O) groups is 2. The number of aryl methyl sites for hydroxylation is 1. The first kappa shape index (κ1) is 25.1. The van der Waals surface area contributed by atoms with Crippen LogP contribution in [0.3, 0.4) is 0 Å². The molecule has 0 aliphatic carbocycles. The van der Waals surface area contributed by atoms with Gasteiger partial charge in [0.05, 0.1) is 17.8 Å². The van der Waals surface area contributed by atoms with E-state index < -0.39 is 5.82 Å². The third-order valence-corrected chi connectivity index (χ3v) is 6.64. The van der Waals surface area contributed by atoms with Gasteiger partial charge in [-0.25, -0.2) is 9.37 Å². The summed E-state index contributed by atoms with van der Waals surface area (Å²) in [5.41, 5.74) is 3.39. The topological polar surface area (TPSA) is 103 Å². The van der Waals surface area contributed by atoms with Gasteiger partial charge in [0.15, 0.2) is 0 Å². The van der Waals surface area contributed by atoms with Crippen LogP contribution in [0, 0.1) is 43.8 Å². The molecule has 3 aromatic rings. The zero-order chi connectivity index (χ0) is 25.8. The fourth-order valence-electron chi connectivity index (χ4n) is 4.50. The number of hydrogen-bond acceptors (Lipinski definition) is 5. The molecule has 3 heterocycles. The number of hydrogen-bond donors (Lipinski definition) is 2. The van der Waals surface area contributed by atoms with Gasteiger partial charge in [-0.15, -0.1) is 0 Å². The third kappa shape index (κ3) is 5.44. The zero-order valence-corrected chi connectivity index (χ0v) is 20.6. The van der Waals surface area contributed by atoms with Crippen molar-refractivity contribution < 1.29 is 14.0 Å². The van der Waals surface area contributed by atoms with Crippen LogP contribution >= 0.6 is 0 Å². The highest BCUT2D eigenvalue weighted by Gasteiger charge is 2.27. The van der Waals surface area contributed by atoms with Gasteiger partial charge in [-0.2, -0.15) is 5.26 Å². The standard InChI is InChI=1S/C27H29FN6O2/c1-17-7-8-24(30-15-17)31-27(36)20-9-11-33(12-10-20)16-25(35)32-26-23(14-29)18(2)19(3)34(26)22-6-4-5-21(28)13-22/h4-8,13,15,20H,9-12,16H2,1-3H3,(H,32,35)(H,30,31,36). The summed E-state index contributed by atoms with van der Waals surface area (Å²) in [4.78, 5) is 31.8. The van der Waals surface area contributed by atoms with Crippen molar-refractivity contribution in [1.29, 1.82) is 5.26 Å². The molecule has 0 spiro atoms. The Morgan fingerprint density at radius 1 is 1.14 bits per heavy atom. The van der Waals surface area contributed by atoms with Crippen molar-refractivity contribution >= 4 is 23.5 Å². The maximum absolute atomic E-state index is 13.9.